The molecule has 1 aliphatic carbocycles. The lowest BCUT2D eigenvalue weighted by molar-refractivity contribution is -0.167. The fourth-order valence-electron chi connectivity index (χ4n) is 1.80. The Morgan fingerprint density at radius 2 is 2.00 bits per heavy atom. The smallest absolute Gasteiger partial charge is 0.297 e. The van der Waals surface area contributed by atoms with Crippen molar-refractivity contribution in [2.75, 3.05) is 0 Å². The van der Waals surface area contributed by atoms with Crippen LogP contribution in [0.1, 0.15) is 31.4 Å². The van der Waals surface area contributed by atoms with Crippen molar-refractivity contribution < 1.29 is 17.6 Å². The topological polar surface area (TPSA) is 24.9 Å². The zero-order valence-corrected chi connectivity index (χ0v) is 9.18. The van der Waals surface area contributed by atoms with Gasteiger partial charge in [-0.3, -0.25) is 10.3 Å². The van der Waals surface area contributed by atoms with Gasteiger partial charge < -0.3 is 0 Å². The van der Waals surface area contributed by atoms with Crippen LogP contribution in [-0.2, 0) is 0 Å². The number of hydrogen-bond donors (Lipinski definition) is 1. The predicted molar refractivity (Wildman–Crippen MR) is 53.8 cm³/mol. The fraction of sp³-hybridized carbons (Fsp3) is 0.545. The minimum Gasteiger partial charge on any atom is -0.297 e. The number of aromatic nitrogens is 1. The molecule has 1 aromatic rings. The number of alkyl halides is 3. The van der Waals surface area contributed by atoms with Crippen molar-refractivity contribution in [1.29, 1.82) is 0 Å². The maximum Gasteiger partial charge on any atom is 0.406 e. The summed E-state index contributed by atoms with van der Waals surface area (Å²) in [5.41, 5.74) is -1.38. The molecule has 0 amide bonds. The van der Waals surface area contributed by atoms with E-state index in [1.54, 1.807) is 6.92 Å². The molecule has 1 N–H and O–H groups in total. The molecule has 1 atom stereocenters. The average molecular weight is 248 g/mol. The first-order valence-corrected chi connectivity index (χ1v) is 5.29. The third kappa shape index (κ3) is 2.41. The molecule has 1 heterocycles. The van der Waals surface area contributed by atoms with Crippen molar-refractivity contribution >= 4 is 0 Å². The third-order valence-corrected chi connectivity index (χ3v) is 3.01. The van der Waals surface area contributed by atoms with E-state index in [4.69, 9.17) is 0 Å². The molecule has 0 aromatic carbocycles. The van der Waals surface area contributed by atoms with Crippen LogP contribution in [0.15, 0.2) is 18.5 Å². The lowest BCUT2D eigenvalue weighted by Gasteiger charge is -2.25. The van der Waals surface area contributed by atoms with Crippen LogP contribution >= 0.6 is 0 Å². The Bertz CT molecular complexity index is 412. The molecule has 17 heavy (non-hydrogen) atoms. The lowest BCUT2D eigenvalue weighted by atomic mass is 10.1. The largest absolute Gasteiger partial charge is 0.406 e. The van der Waals surface area contributed by atoms with E-state index in [9.17, 15) is 17.6 Å². The van der Waals surface area contributed by atoms with Gasteiger partial charge in [0.2, 0.25) is 0 Å². The molecule has 94 valence electrons. The highest BCUT2D eigenvalue weighted by atomic mass is 19.4. The molecule has 2 rings (SSSR count). The van der Waals surface area contributed by atoms with E-state index in [0.29, 0.717) is 5.56 Å². The molecule has 6 heteroatoms. The summed E-state index contributed by atoms with van der Waals surface area (Å²) >= 11 is 0. The zero-order chi connectivity index (χ0) is 12.7. The molecule has 2 nitrogen and oxygen atoms in total. The summed E-state index contributed by atoms with van der Waals surface area (Å²) in [4.78, 5) is 3.62. The van der Waals surface area contributed by atoms with E-state index in [1.807, 2.05) is 0 Å². The summed E-state index contributed by atoms with van der Waals surface area (Å²) in [6, 6.07) is 0.610. The van der Waals surface area contributed by atoms with Crippen molar-refractivity contribution in [3.8, 4) is 0 Å². The van der Waals surface area contributed by atoms with E-state index < -0.39 is 23.6 Å². The van der Waals surface area contributed by atoms with Crippen molar-refractivity contribution in [3.63, 3.8) is 0 Å². The summed E-state index contributed by atoms with van der Waals surface area (Å²) in [6.45, 7) is 1.57. The van der Waals surface area contributed by atoms with Crippen molar-refractivity contribution in [3.05, 3.63) is 29.8 Å². The van der Waals surface area contributed by atoms with Gasteiger partial charge in [0.25, 0.3) is 0 Å². The second-order valence-corrected chi connectivity index (χ2v) is 4.38. The van der Waals surface area contributed by atoms with Gasteiger partial charge in [0.1, 0.15) is 11.4 Å². The number of halogens is 4. The molecular weight excluding hydrogens is 236 g/mol. The Balaban J connectivity index is 2.10. The quantitative estimate of drug-likeness (QED) is 0.832. The van der Waals surface area contributed by atoms with E-state index in [2.05, 4.69) is 10.3 Å². The Kier molecular flexibility index (Phi) is 2.85. The first-order chi connectivity index (χ1) is 7.84. The maximum atomic E-state index is 12.9. The van der Waals surface area contributed by atoms with Gasteiger partial charge in [-0.15, -0.1) is 0 Å². The first kappa shape index (κ1) is 12.3. The summed E-state index contributed by atoms with van der Waals surface area (Å²) in [5.74, 6) is -0.548. The number of rotatable bonds is 3. The molecule has 1 fully saturated rings. The summed E-state index contributed by atoms with van der Waals surface area (Å²) in [5, 5.41) is 2.52. The van der Waals surface area contributed by atoms with Crippen molar-refractivity contribution in [2.24, 2.45) is 0 Å². The Labute approximate surface area is 96.0 Å². The lowest BCUT2D eigenvalue weighted by Crippen LogP contribution is -2.45. The molecule has 0 aliphatic heterocycles. The van der Waals surface area contributed by atoms with Crippen LogP contribution in [-0.4, -0.2) is 16.7 Å². The highest BCUT2D eigenvalue weighted by Gasteiger charge is 2.63. The zero-order valence-electron chi connectivity index (χ0n) is 9.18. The number of nitrogens with zero attached hydrogens (tertiary/aromatic N) is 1. The molecule has 0 spiro atoms. The fourth-order valence-corrected chi connectivity index (χ4v) is 1.80. The molecule has 1 aromatic heterocycles. The molecule has 1 unspecified atom stereocenters. The molecule has 0 saturated heterocycles. The Morgan fingerprint density at radius 3 is 2.47 bits per heavy atom. The summed E-state index contributed by atoms with van der Waals surface area (Å²) < 4.78 is 51.0. The van der Waals surface area contributed by atoms with Crippen molar-refractivity contribution in [2.45, 2.75) is 37.5 Å². The highest BCUT2D eigenvalue weighted by molar-refractivity contribution is 5.18. The van der Waals surface area contributed by atoms with Gasteiger partial charge in [0, 0.05) is 12.2 Å². The van der Waals surface area contributed by atoms with Gasteiger partial charge in [-0.25, -0.2) is 4.39 Å². The first-order valence-electron chi connectivity index (χ1n) is 5.29. The van der Waals surface area contributed by atoms with Crippen LogP contribution in [0.5, 0.6) is 0 Å². The minimum absolute atomic E-state index is 0.0730. The van der Waals surface area contributed by atoms with Crippen LogP contribution in [0, 0.1) is 5.82 Å². The van der Waals surface area contributed by atoms with Crippen LogP contribution < -0.4 is 5.32 Å². The predicted octanol–water partition coefficient (Wildman–Crippen LogP) is 2.97. The van der Waals surface area contributed by atoms with Crippen molar-refractivity contribution in [1.82, 2.24) is 10.3 Å². The number of pyridine rings is 1. The van der Waals surface area contributed by atoms with Gasteiger partial charge in [-0.2, -0.15) is 13.2 Å². The van der Waals surface area contributed by atoms with Crippen LogP contribution in [0.2, 0.25) is 0 Å². The average Bonchev–Trinajstić information content (AvgIpc) is 2.98. The summed E-state index contributed by atoms with van der Waals surface area (Å²) in [6.07, 6.45) is -1.73. The van der Waals surface area contributed by atoms with Gasteiger partial charge in [0.05, 0.1) is 6.20 Å². The monoisotopic (exact) mass is 248 g/mol. The minimum atomic E-state index is -4.26. The third-order valence-electron chi connectivity index (χ3n) is 3.01. The number of nitrogens with one attached hydrogen (secondary N) is 1. The Hall–Kier alpha value is -1.17. The van der Waals surface area contributed by atoms with Gasteiger partial charge >= 0.3 is 6.18 Å². The normalized spacial score (nSPS) is 20.1. The number of hydrogen-bond acceptors (Lipinski definition) is 2. The van der Waals surface area contributed by atoms with E-state index >= 15 is 0 Å². The highest BCUT2D eigenvalue weighted by Crippen LogP contribution is 2.50. The standard InChI is InChI=1S/C11H12F4N2/c1-7(8-4-9(12)6-16-5-8)17-10(2-3-10)11(13,14)15/h4-7,17H,2-3H2,1H3. The van der Waals surface area contributed by atoms with E-state index in [1.165, 1.54) is 12.3 Å². The van der Waals surface area contributed by atoms with Gasteiger partial charge in [0.15, 0.2) is 0 Å². The van der Waals surface area contributed by atoms with Crippen LogP contribution in [0.25, 0.3) is 0 Å². The molecule has 0 bridgehead atoms. The van der Waals surface area contributed by atoms with E-state index in [-0.39, 0.29) is 12.8 Å². The molecular formula is C11H12F4N2. The van der Waals surface area contributed by atoms with Crippen LogP contribution in [0.4, 0.5) is 17.6 Å². The summed E-state index contributed by atoms with van der Waals surface area (Å²) in [7, 11) is 0. The molecule has 1 aliphatic rings. The SMILES string of the molecule is CC(NC1(C(F)(F)F)CC1)c1cncc(F)c1. The second-order valence-electron chi connectivity index (χ2n) is 4.38. The molecule has 0 radical (unpaired) electrons. The van der Waals surface area contributed by atoms with Gasteiger partial charge in [-0.05, 0) is 31.4 Å². The van der Waals surface area contributed by atoms with Crippen LogP contribution in [0.3, 0.4) is 0 Å². The van der Waals surface area contributed by atoms with Gasteiger partial charge in [-0.1, -0.05) is 0 Å². The maximum absolute atomic E-state index is 12.9. The van der Waals surface area contributed by atoms with E-state index in [0.717, 1.165) is 6.20 Å². The second kappa shape index (κ2) is 3.94. The Morgan fingerprint density at radius 1 is 1.35 bits per heavy atom. The molecule has 1 saturated carbocycles.